The number of aryl methyl sites for hydroxylation is 1. The largest absolute Gasteiger partial charge is 0.377 e. The van der Waals surface area contributed by atoms with Crippen LogP contribution in [0.2, 0.25) is 0 Å². The summed E-state index contributed by atoms with van der Waals surface area (Å²) in [6, 6.07) is 9.28. The van der Waals surface area contributed by atoms with Crippen molar-refractivity contribution in [2.45, 2.75) is 64.5 Å². The topological polar surface area (TPSA) is 21.3 Å². The number of hydrogen-bond acceptors (Lipinski definition) is 2. The van der Waals surface area contributed by atoms with Gasteiger partial charge in [-0.3, -0.25) is 0 Å². The van der Waals surface area contributed by atoms with E-state index in [2.05, 4.69) is 50.4 Å². The van der Waals surface area contributed by atoms with Crippen molar-refractivity contribution in [3.63, 3.8) is 0 Å². The molecule has 1 saturated carbocycles. The average molecular weight is 289 g/mol. The minimum absolute atomic E-state index is 0.00622. The van der Waals surface area contributed by atoms with E-state index in [1.807, 2.05) is 7.11 Å². The number of nitrogens with one attached hydrogen (secondary N) is 1. The van der Waals surface area contributed by atoms with E-state index in [4.69, 9.17) is 4.74 Å². The van der Waals surface area contributed by atoms with Crippen LogP contribution < -0.4 is 5.32 Å². The molecule has 0 heterocycles. The summed E-state index contributed by atoms with van der Waals surface area (Å²) in [6.45, 7) is 7.72. The first-order valence-electron chi connectivity index (χ1n) is 8.43. The van der Waals surface area contributed by atoms with Gasteiger partial charge in [-0.25, -0.2) is 0 Å². The van der Waals surface area contributed by atoms with E-state index in [9.17, 15) is 0 Å². The molecule has 1 aromatic rings. The van der Waals surface area contributed by atoms with Gasteiger partial charge in [-0.1, -0.05) is 43.7 Å². The van der Waals surface area contributed by atoms with Gasteiger partial charge in [0.05, 0.1) is 5.60 Å². The van der Waals surface area contributed by atoms with Gasteiger partial charge >= 0.3 is 0 Å². The van der Waals surface area contributed by atoms with Crippen molar-refractivity contribution in [3.05, 3.63) is 35.4 Å². The fourth-order valence-electron chi connectivity index (χ4n) is 3.71. The molecule has 1 aliphatic rings. The van der Waals surface area contributed by atoms with Gasteiger partial charge in [0.1, 0.15) is 0 Å². The molecule has 118 valence electrons. The van der Waals surface area contributed by atoms with Gasteiger partial charge in [0.2, 0.25) is 0 Å². The van der Waals surface area contributed by atoms with Crippen LogP contribution in [0.1, 0.15) is 50.7 Å². The molecule has 1 atom stereocenters. The summed E-state index contributed by atoms with van der Waals surface area (Å²) in [4.78, 5) is 0. The summed E-state index contributed by atoms with van der Waals surface area (Å²) >= 11 is 0. The minimum atomic E-state index is 0.00622. The number of ether oxygens (including phenoxy) is 1. The van der Waals surface area contributed by atoms with Crippen molar-refractivity contribution in [1.29, 1.82) is 0 Å². The second kappa shape index (κ2) is 7.42. The van der Waals surface area contributed by atoms with Crippen LogP contribution in [0.5, 0.6) is 0 Å². The van der Waals surface area contributed by atoms with Crippen LogP contribution in [0.3, 0.4) is 0 Å². The first kappa shape index (κ1) is 16.5. The lowest BCUT2D eigenvalue weighted by Gasteiger charge is -2.44. The predicted octanol–water partition coefficient (Wildman–Crippen LogP) is 4.11. The Bertz CT molecular complexity index is 435. The van der Waals surface area contributed by atoms with Crippen LogP contribution >= 0.6 is 0 Å². The number of likely N-dealkylation sites (N-methyl/N-ethyl adjacent to an activating group) is 1. The Morgan fingerprint density at radius 3 is 2.62 bits per heavy atom. The molecule has 21 heavy (non-hydrogen) atoms. The lowest BCUT2D eigenvalue weighted by molar-refractivity contribution is -0.0742. The summed E-state index contributed by atoms with van der Waals surface area (Å²) < 4.78 is 6.08. The quantitative estimate of drug-likeness (QED) is 0.851. The standard InChI is InChI=1S/C19H31NO/c1-5-20-18(14-17-8-6-7-16(3)13-17)19(21-4)11-9-15(2)10-12-19/h6-8,13,15,18,20H,5,9-12,14H2,1-4H3. The third kappa shape index (κ3) is 4.08. The number of rotatable bonds is 6. The highest BCUT2D eigenvalue weighted by molar-refractivity contribution is 5.24. The second-order valence-electron chi connectivity index (χ2n) is 6.75. The maximum Gasteiger partial charge on any atom is 0.0834 e. The molecular weight excluding hydrogens is 258 g/mol. The summed E-state index contributed by atoms with van der Waals surface area (Å²) in [5.41, 5.74) is 2.76. The van der Waals surface area contributed by atoms with Gasteiger partial charge in [-0.05, 0) is 57.1 Å². The zero-order valence-electron chi connectivity index (χ0n) is 14.1. The van der Waals surface area contributed by atoms with Crippen LogP contribution in [-0.4, -0.2) is 25.3 Å². The normalized spacial score (nSPS) is 27.5. The fraction of sp³-hybridized carbons (Fsp3) is 0.684. The van der Waals surface area contributed by atoms with Crippen molar-refractivity contribution >= 4 is 0 Å². The molecule has 0 saturated heterocycles. The van der Waals surface area contributed by atoms with Crippen molar-refractivity contribution in [2.75, 3.05) is 13.7 Å². The highest BCUT2D eigenvalue weighted by atomic mass is 16.5. The number of hydrogen-bond donors (Lipinski definition) is 1. The van der Waals surface area contributed by atoms with E-state index in [1.165, 1.54) is 36.8 Å². The lowest BCUT2D eigenvalue weighted by atomic mass is 9.73. The summed E-state index contributed by atoms with van der Waals surface area (Å²) in [5, 5.41) is 3.70. The molecule has 0 aliphatic heterocycles. The summed E-state index contributed by atoms with van der Waals surface area (Å²) in [7, 11) is 1.90. The molecule has 1 aliphatic carbocycles. The second-order valence-corrected chi connectivity index (χ2v) is 6.75. The molecule has 2 rings (SSSR count). The highest BCUT2D eigenvalue weighted by Crippen LogP contribution is 2.37. The zero-order chi connectivity index (χ0) is 15.3. The van der Waals surface area contributed by atoms with E-state index in [1.54, 1.807) is 0 Å². The molecule has 0 spiro atoms. The van der Waals surface area contributed by atoms with Gasteiger partial charge in [-0.2, -0.15) is 0 Å². The summed E-state index contributed by atoms with van der Waals surface area (Å²) in [6.07, 6.45) is 5.97. The number of methoxy groups -OCH3 is 1. The number of benzene rings is 1. The average Bonchev–Trinajstić information content (AvgIpc) is 2.48. The Morgan fingerprint density at radius 2 is 2.05 bits per heavy atom. The zero-order valence-corrected chi connectivity index (χ0v) is 14.1. The van der Waals surface area contributed by atoms with Gasteiger partial charge in [0, 0.05) is 13.2 Å². The van der Waals surface area contributed by atoms with Crippen molar-refractivity contribution < 1.29 is 4.74 Å². The van der Waals surface area contributed by atoms with Crippen molar-refractivity contribution in [2.24, 2.45) is 5.92 Å². The fourth-order valence-corrected chi connectivity index (χ4v) is 3.71. The Balaban J connectivity index is 2.16. The van der Waals surface area contributed by atoms with E-state index in [0.717, 1.165) is 18.9 Å². The van der Waals surface area contributed by atoms with E-state index in [0.29, 0.717) is 6.04 Å². The Hall–Kier alpha value is -0.860. The molecule has 1 aromatic carbocycles. The Kier molecular flexibility index (Phi) is 5.83. The third-order valence-electron chi connectivity index (χ3n) is 5.14. The third-order valence-corrected chi connectivity index (χ3v) is 5.14. The smallest absolute Gasteiger partial charge is 0.0834 e. The van der Waals surface area contributed by atoms with Crippen LogP contribution in [0.4, 0.5) is 0 Å². The van der Waals surface area contributed by atoms with Gasteiger partial charge < -0.3 is 10.1 Å². The molecular formula is C19H31NO. The van der Waals surface area contributed by atoms with Crippen LogP contribution in [0.15, 0.2) is 24.3 Å². The van der Waals surface area contributed by atoms with E-state index < -0.39 is 0 Å². The van der Waals surface area contributed by atoms with Crippen LogP contribution in [0.25, 0.3) is 0 Å². The molecule has 1 fully saturated rings. The predicted molar refractivity (Wildman–Crippen MR) is 89.7 cm³/mol. The molecule has 0 bridgehead atoms. The molecule has 0 aromatic heterocycles. The summed E-state index contributed by atoms with van der Waals surface area (Å²) in [5.74, 6) is 0.842. The van der Waals surface area contributed by atoms with Gasteiger partial charge in [-0.15, -0.1) is 0 Å². The Morgan fingerprint density at radius 1 is 1.33 bits per heavy atom. The van der Waals surface area contributed by atoms with E-state index in [-0.39, 0.29) is 5.60 Å². The minimum Gasteiger partial charge on any atom is -0.377 e. The SMILES string of the molecule is CCNC(Cc1cccc(C)c1)C1(OC)CCC(C)CC1. The van der Waals surface area contributed by atoms with Crippen molar-refractivity contribution in [3.8, 4) is 0 Å². The maximum atomic E-state index is 6.08. The van der Waals surface area contributed by atoms with Gasteiger partial charge in [0.25, 0.3) is 0 Å². The molecule has 2 heteroatoms. The molecule has 1 N–H and O–H groups in total. The highest BCUT2D eigenvalue weighted by Gasteiger charge is 2.41. The van der Waals surface area contributed by atoms with E-state index >= 15 is 0 Å². The monoisotopic (exact) mass is 289 g/mol. The van der Waals surface area contributed by atoms with Crippen molar-refractivity contribution in [1.82, 2.24) is 5.32 Å². The molecule has 0 amide bonds. The maximum absolute atomic E-state index is 6.08. The van der Waals surface area contributed by atoms with Crippen LogP contribution in [-0.2, 0) is 11.2 Å². The van der Waals surface area contributed by atoms with Gasteiger partial charge in [0.15, 0.2) is 0 Å². The molecule has 1 unspecified atom stereocenters. The van der Waals surface area contributed by atoms with Crippen LogP contribution in [0, 0.1) is 12.8 Å². The Labute approximate surface area is 130 Å². The molecule has 2 nitrogen and oxygen atoms in total. The first-order chi connectivity index (χ1) is 10.1. The molecule has 0 radical (unpaired) electrons. The lowest BCUT2D eigenvalue weighted by Crippen LogP contribution is -2.55. The first-order valence-corrected chi connectivity index (χ1v) is 8.43.